The lowest BCUT2D eigenvalue weighted by Gasteiger charge is -2.15. The second-order valence-electron chi connectivity index (χ2n) is 3.85. The van der Waals surface area contributed by atoms with Crippen LogP contribution in [0.3, 0.4) is 0 Å². The van der Waals surface area contributed by atoms with Crippen LogP contribution in [0.2, 0.25) is 0 Å². The predicted molar refractivity (Wildman–Crippen MR) is 68.8 cm³/mol. The second-order valence-corrected chi connectivity index (χ2v) is 4.84. The van der Waals surface area contributed by atoms with Crippen molar-refractivity contribution in [3.05, 3.63) is 29.7 Å². The monoisotopic (exact) mass is 265 g/mol. The van der Waals surface area contributed by atoms with Gasteiger partial charge in [0, 0.05) is 23.4 Å². The Kier molecular flexibility index (Phi) is 3.88. The number of ether oxygens (including phenoxy) is 1. The van der Waals surface area contributed by atoms with Crippen molar-refractivity contribution in [2.75, 3.05) is 7.11 Å². The van der Waals surface area contributed by atoms with Gasteiger partial charge in [-0.2, -0.15) is 0 Å². The second kappa shape index (κ2) is 5.41. The SMILES string of the molecule is COc1cccc(Sc2nnc(C)o2)c1[C@H](C)N. The van der Waals surface area contributed by atoms with Gasteiger partial charge in [0.2, 0.25) is 5.89 Å². The standard InChI is InChI=1S/C12H15N3O2S/c1-7(13)11-9(16-3)5-4-6-10(11)18-12-15-14-8(2)17-12/h4-7H,13H2,1-3H3/t7-/m0/s1. The smallest absolute Gasteiger partial charge is 0.281 e. The van der Waals surface area contributed by atoms with Crippen LogP contribution in [0.5, 0.6) is 5.75 Å². The van der Waals surface area contributed by atoms with Crippen LogP contribution >= 0.6 is 11.8 Å². The largest absolute Gasteiger partial charge is 0.496 e. The van der Waals surface area contributed by atoms with E-state index in [0.29, 0.717) is 11.1 Å². The zero-order chi connectivity index (χ0) is 13.1. The Labute approximate surface area is 110 Å². The molecule has 0 amide bonds. The minimum atomic E-state index is -0.132. The lowest BCUT2D eigenvalue weighted by atomic mass is 10.1. The summed E-state index contributed by atoms with van der Waals surface area (Å²) >= 11 is 1.39. The van der Waals surface area contributed by atoms with Crippen molar-refractivity contribution in [2.45, 2.75) is 30.0 Å². The maximum absolute atomic E-state index is 5.99. The Hall–Kier alpha value is -1.53. The molecule has 96 valence electrons. The van der Waals surface area contributed by atoms with Crippen LogP contribution in [-0.4, -0.2) is 17.3 Å². The summed E-state index contributed by atoms with van der Waals surface area (Å²) in [4.78, 5) is 0.966. The number of benzene rings is 1. The third-order valence-electron chi connectivity index (χ3n) is 2.41. The van der Waals surface area contributed by atoms with E-state index < -0.39 is 0 Å². The molecular weight excluding hydrogens is 250 g/mol. The van der Waals surface area contributed by atoms with E-state index in [1.54, 1.807) is 14.0 Å². The zero-order valence-electron chi connectivity index (χ0n) is 10.5. The average molecular weight is 265 g/mol. The Bertz CT molecular complexity index is 540. The fourth-order valence-electron chi connectivity index (χ4n) is 1.65. The highest BCUT2D eigenvalue weighted by molar-refractivity contribution is 7.99. The molecule has 2 aromatic rings. The fraction of sp³-hybridized carbons (Fsp3) is 0.333. The molecule has 1 aromatic carbocycles. The van der Waals surface area contributed by atoms with E-state index in [1.807, 2.05) is 25.1 Å². The number of nitrogens with zero attached hydrogens (tertiary/aromatic N) is 2. The maximum atomic E-state index is 5.99. The van der Waals surface area contributed by atoms with Crippen molar-refractivity contribution in [2.24, 2.45) is 5.73 Å². The van der Waals surface area contributed by atoms with E-state index in [-0.39, 0.29) is 6.04 Å². The number of methoxy groups -OCH3 is 1. The first kappa shape index (κ1) is 12.9. The third kappa shape index (κ3) is 2.65. The van der Waals surface area contributed by atoms with Crippen LogP contribution in [0.15, 0.2) is 32.7 Å². The normalized spacial score (nSPS) is 12.4. The molecule has 1 atom stereocenters. The summed E-state index contributed by atoms with van der Waals surface area (Å²) in [5.74, 6) is 1.31. The average Bonchev–Trinajstić information content (AvgIpc) is 2.74. The molecule has 6 heteroatoms. The maximum Gasteiger partial charge on any atom is 0.281 e. The molecule has 0 unspecified atom stereocenters. The molecule has 5 nitrogen and oxygen atoms in total. The molecule has 0 aliphatic heterocycles. The van der Waals surface area contributed by atoms with Gasteiger partial charge in [-0.15, -0.1) is 10.2 Å². The summed E-state index contributed by atoms with van der Waals surface area (Å²) in [6.45, 7) is 3.68. The highest BCUT2D eigenvalue weighted by Crippen LogP contribution is 2.36. The van der Waals surface area contributed by atoms with Gasteiger partial charge in [-0.3, -0.25) is 0 Å². The molecule has 2 N–H and O–H groups in total. The van der Waals surface area contributed by atoms with Crippen LogP contribution in [0.25, 0.3) is 0 Å². The highest BCUT2D eigenvalue weighted by Gasteiger charge is 2.16. The van der Waals surface area contributed by atoms with Crippen molar-refractivity contribution in [1.82, 2.24) is 10.2 Å². The molecular formula is C12H15N3O2S. The molecule has 0 radical (unpaired) electrons. The Morgan fingerprint density at radius 3 is 2.72 bits per heavy atom. The van der Waals surface area contributed by atoms with Gasteiger partial charge in [0.05, 0.1) is 7.11 Å². The summed E-state index contributed by atoms with van der Waals surface area (Å²) in [6.07, 6.45) is 0. The molecule has 1 aromatic heterocycles. The lowest BCUT2D eigenvalue weighted by molar-refractivity contribution is 0.404. The first-order valence-electron chi connectivity index (χ1n) is 5.52. The minimum absolute atomic E-state index is 0.132. The Morgan fingerprint density at radius 1 is 1.39 bits per heavy atom. The van der Waals surface area contributed by atoms with Crippen molar-refractivity contribution in [3.8, 4) is 5.75 Å². The molecule has 2 rings (SSSR count). The van der Waals surface area contributed by atoms with Crippen LogP contribution in [0.1, 0.15) is 24.4 Å². The van der Waals surface area contributed by atoms with Crippen molar-refractivity contribution < 1.29 is 9.15 Å². The van der Waals surface area contributed by atoms with Crippen molar-refractivity contribution in [3.63, 3.8) is 0 Å². The van der Waals surface area contributed by atoms with Gasteiger partial charge in [-0.05, 0) is 30.8 Å². The van der Waals surface area contributed by atoms with Gasteiger partial charge in [0.1, 0.15) is 5.75 Å². The molecule has 0 saturated heterocycles. The third-order valence-corrected chi connectivity index (χ3v) is 3.32. The zero-order valence-corrected chi connectivity index (χ0v) is 11.3. The van der Waals surface area contributed by atoms with E-state index in [4.69, 9.17) is 14.9 Å². The number of nitrogens with two attached hydrogens (primary N) is 1. The summed E-state index contributed by atoms with van der Waals surface area (Å²) in [7, 11) is 1.63. The summed E-state index contributed by atoms with van der Waals surface area (Å²) in [5.41, 5.74) is 6.94. The van der Waals surface area contributed by atoms with Crippen molar-refractivity contribution in [1.29, 1.82) is 0 Å². The lowest BCUT2D eigenvalue weighted by Crippen LogP contribution is -2.08. The molecule has 1 heterocycles. The summed E-state index contributed by atoms with van der Waals surface area (Å²) < 4.78 is 10.7. The van der Waals surface area contributed by atoms with Crippen LogP contribution in [0, 0.1) is 6.92 Å². The van der Waals surface area contributed by atoms with Gasteiger partial charge in [0.25, 0.3) is 5.22 Å². The number of aryl methyl sites for hydroxylation is 1. The first-order chi connectivity index (χ1) is 8.61. The molecule has 18 heavy (non-hydrogen) atoms. The topological polar surface area (TPSA) is 74.2 Å². The van der Waals surface area contributed by atoms with Gasteiger partial charge >= 0.3 is 0 Å². The van der Waals surface area contributed by atoms with E-state index >= 15 is 0 Å². The number of hydrogen-bond acceptors (Lipinski definition) is 6. The summed E-state index contributed by atoms with van der Waals surface area (Å²) in [5, 5.41) is 8.26. The number of rotatable bonds is 4. The predicted octanol–water partition coefficient (Wildman–Crippen LogP) is 2.56. The molecule has 0 bridgehead atoms. The Balaban J connectivity index is 2.37. The molecule has 0 aliphatic carbocycles. The minimum Gasteiger partial charge on any atom is -0.496 e. The Morgan fingerprint density at radius 2 is 2.17 bits per heavy atom. The molecule has 0 spiro atoms. The molecule has 0 aliphatic rings. The van der Waals surface area contributed by atoms with Crippen LogP contribution < -0.4 is 10.5 Å². The fourth-order valence-corrected chi connectivity index (χ4v) is 2.63. The van der Waals surface area contributed by atoms with Gasteiger partial charge < -0.3 is 14.9 Å². The highest BCUT2D eigenvalue weighted by atomic mass is 32.2. The van der Waals surface area contributed by atoms with E-state index in [9.17, 15) is 0 Å². The van der Waals surface area contributed by atoms with Crippen LogP contribution in [-0.2, 0) is 0 Å². The van der Waals surface area contributed by atoms with E-state index in [0.717, 1.165) is 16.2 Å². The van der Waals surface area contributed by atoms with Crippen LogP contribution in [0.4, 0.5) is 0 Å². The van der Waals surface area contributed by atoms with Gasteiger partial charge in [-0.1, -0.05) is 6.07 Å². The first-order valence-corrected chi connectivity index (χ1v) is 6.34. The number of aromatic nitrogens is 2. The summed E-state index contributed by atoms with van der Waals surface area (Å²) in [6, 6.07) is 5.64. The van der Waals surface area contributed by atoms with E-state index in [2.05, 4.69) is 10.2 Å². The number of hydrogen-bond donors (Lipinski definition) is 1. The molecule has 0 saturated carbocycles. The van der Waals surface area contributed by atoms with Gasteiger partial charge in [-0.25, -0.2) is 0 Å². The quantitative estimate of drug-likeness (QED) is 0.915. The van der Waals surface area contributed by atoms with Crippen molar-refractivity contribution >= 4 is 11.8 Å². The van der Waals surface area contributed by atoms with Gasteiger partial charge in [0.15, 0.2) is 0 Å². The molecule has 0 fully saturated rings. The van der Waals surface area contributed by atoms with E-state index in [1.165, 1.54) is 11.8 Å².